The number of aryl methyl sites for hydroxylation is 1. The van der Waals surface area contributed by atoms with Crippen LogP contribution in [0.15, 0.2) is 48.5 Å². The number of hydrogen-bond acceptors (Lipinski definition) is 6. The molecule has 1 aliphatic carbocycles. The smallest absolute Gasteiger partial charge is 0.273 e. The first-order chi connectivity index (χ1) is 18.9. The predicted molar refractivity (Wildman–Crippen MR) is 161 cm³/mol. The monoisotopic (exact) mass is 581 g/mol. The summed E-state index contributed by atoms with van der Waals surface area (Å²) in [5, 5.41) is 6.54. The number of halogens is 1. The van der Waals surface area contributed by atoms with Gasteiger partial charge in [0.2, 0.25) is 5.91 Å². The molecule has 0 unspecified atom stereocenters. The molecule has 1 aliphatic rings. The molecule has 1 saturated carbocycles. The van der Waals surface area contributed by atoms with Crippen LogP contribution in [-0.4, -0.2) is 33.7 Å². The average molecular weight is 582 g/mol. The lowest BCUT2D eigenvalue weighted by Gasteiger charge is -2.33. The summed E-state index contributed by atoms with van der Waals surface area (Å²) in [6.07, 6.45) is 5.11. The SMILES string of the molecule is Cc1cccc(N(C(=O)c2snc(C(=O)NC3CCCCC3)c2N)[C@H](C(=O)NC(C)(C)C)c2ccc(Cl)cc2)c1. The minimum atomic E-state index is -1.05. The van der Waals surface area contributed by atoms with Crippen LogP contribution in [-0.2, 0) is 4.79 Å². The number of carbonyl (C=O) groups is 3. The van der Waals surface area contributed by atoms with Crippen LogP contribution in [0.25, 0.3) is 0 Å². The van der Waals surface area contributed by atoms with E-state index in [9.17, 15) is 14.4 Å². The Kier molecular flexibility index (Phi) is 9.15. The maximum atomic E-state index is 14.3. The molecule has 1 heterocycles. The van der Waals surface area contributed by atoms with E-state index in [0.717, 1.165) is 49.2 Å². The quantitative estimate of drug-likeness (QED) is 0.314. The Morgan fingerprint density at radius 2 is 1.75 bits per heavy atom. The molecule has 3 aromatic rings. The van der Waals surface area contributed by atoms with E-state index in [1.54, 1.807) is 30.3 Å². The number of aromatic nitrogens is 1. The first-order valence-corrected chi connectivity index (χ1v) is 14.6. The van der Waals surface area contributed by atoms with E-state index in [1.165, 1.54) is 4.90 Å². The molecule has 212 valence electrons. The highest BCUT2D eigenvalue weighted by Gasteiger charge is 2.37. The minimum absolute atomic E-state index is 0.00653. The third kappa shape index (κ3) is 7.01. The molecule has 0 radical (unpaired) electrons. The van der Waals surface area contributed by atoms with Crippen LogP contribution < -0.4 is 21.3 Å². The van der Waals surface area contributed by atoms with Crippen LogP contribution in [0.2, 0.25) is 5.02 Å². The molecule has 1 fully saturated rings. The van der Waals surface area contributed by atoms with Gasteiger partial charge < -0.3 is 16.4 Å². The van der Waals surface area contributed by atoms with Gasteiger partial charge in [0, 0.05) is 22.3 Å². The van der Waals surface area contributed by atoms with Gasteiger partial charge in [0.1, 0.15) is 10.9 Å². The number of hydrogen-bond donors (Lipinski definition) is 3. The second-order valence-corrected chi connectivity index (χ2v) is 12.5. The molecular weight excluding hydrogens is 546 g/mol. The molecule has 3 amide bonds. The average Bonchev–Trinajstić information content (AvgIpc) is 3.28. The van der Waals surface area contributed by atoms with Crippen molar-refractivity contribution in [2.24, 2.45) is 0 Å². The van der Waals surface area contributed by atoms with Gasteiger partial charge in [-0.15, -0.1) is 0 Å². The maximum Gasteiger partial charge on any atom is 0.273 e. The molecule has 1 aromatic heterocycles. The van der Waals surface area contributed by atoms with Gasteiger partial charge in [0.25, 0.3) is 11.8 Å². The van der Waals surface area contributed by atoms with Crippen molar-refractivity contribution in [2.45, 2.75) is 77.4 Å². The van der Waals surface area contributed by atoms with Crippen LogP contribution >= 0.6 is 23.1 Å². The fraction of sp³-hybridized carbons (Fsp3) is 0.400. The number of anilines is 2. The summed E-state index contributed by atoms with van der Waals surface area (Å²) in [6.45, 7) is 7.54. The van der Waals surface area contributed by atoms with Gasteiger partial charge in [-0.05, 0) is 87.5 Å². The number of nitrogens with one attached hydrogen (secondary N) is 2. The van der Waals surface area contributed by atoms with E-state index in [4.69, 9.17) is 17.3 Å². The Morgan fingerprint density at radius 3 is 2.38 bits per heavy atom. The van der Waals surface area contributed by atoms with Crippen molar-refractivity contribution in [3.63, 3.8) is 0 Å². The van der Waals surface area contributed by atoms with Gasteiger partial charge in [-0.2, -0.15) is 4.37 Å². The van der Waals surface area contributed by atoms with Crippen molar-refractivity contribution in [1.29, 1.82) is 0 Å². The lowest BCUT2D eigenvalue weighted by Crippen LogP contribution is -2.49. The van der Waals surface area contributed by atoms with E-state index in [2.05, 4.69) is 15.0 Å². The zero-order chi connectivity index (χ0) is 29.0. The Balaban J connectivity index is 1.77. The molecule has 10 heteroatoms. The van der Waals surface area contributed by atoms with Crippen LogP contribution in [0.4, 0.5) is 11.4 Å². The number of nitrogen functional groups attached to an aromatic ring is 1. The number of benzene rings is 2. The van der Waals surface area contributed by atoms with Crippen molar-refractivity contribution in [3.05, 3.63) is 75.3 Å². The third-order valence-electron chi connectivity index (χ3n) is 6.77. The number of nitrogens with zero attached hydrogens (tertiary/aromatic N) is 2. The summed E-state index contributed by atoms with van der Waals surface area (Å²) in [4.78, 5) is 42.8. The first-order valence-electron chi connectivity index (χ1n) is 13.5. The predicted octanol–water partition coefficient (Wildman–Crippen LogP) is 6.05. The van der Waals surface area contributed by atoms with Crippen molar-refractivity contribution >= 4 is 52.2 Å². The molecular formula is C30H36ClN5O3S. The molecule has 0 spiro atoms. The molecule has 8 nitrogen and oxygen atoms in total. The van der Waals surface area contributed by atoms with Crippen LogP contribution in [0.3, 0.4) is 0 Å². The minimum Gasteiger partial charge on any atom is -0.395 e. The largest absolute Gasteiger partial charge is 0.395 e. The van der Waals surface area contributed by atoms with Crippen molar-refractivity contribution in [2.75, 3.05) is 10.6 Å². The molecule has 2 aromatic carbocycles. The Bertz CT molecular complexity index is 1380. The maximum absolute atomic E-state index is 14.3. The fourth-order valence-corrected chi connectivity index (χ4v) is 5.75. The van der Waals surface area contributed by atoms with Crippen LogP contribution in [0, 0.1) is 6.92 Å². The molecule has 4 N–H and O–H groups in total. The third-order valence-corrected chi connectivity index (χ3v) is 7.87. The number of carbonyl (C=O) groups excluding carboxylic acids is 3. The topological polar surface area (TPSA) is 117 Å². The normalized spacial score (nSPS) is 14.8. The molecule has 4 rings (SSSR count). The Morgan fingerprint density at radius 1 is 1.07 bits per heavy atom. The van der Waals surface area contributed by atoms with Crippen LogP contribution in [0.1, 0.15) is 90.2 Å². The number of rotatable bonds is 7. The highest BCUT2D eigenvalue weighted by molar-refractivity contribution is 7.09. The molecule has 0 saturated heterocycles. The van der Waals surface area contributed by atoms with Gasteiger partial charge in [0.15, 0.2) is 5.69 Å². The van der Waals surface area contributed by atoms with E-state index in [0.29, 0.717) is 16.3 Å². The summed E-state index contributed by atoms with van der Waals surface area (Å²) in [7, 11) is 0. The summed E-state index contributed by atoms with van der Waals surface area (Å²) < 4.78 is 4.28. The van der Waals surface area contributed by atoms with Crippen molar-refractivity contribution in [3.8, 4) is 0 Å². The highest BCUT2D eigenvalue weighted by Crippen LogP contribution is 2.34. The van der Waals surface area contributed by atoms with E-state index in [-0.39, 0.29) is 34.1 Å². The van der Waals surface area contributed by atoms with Gasteiger partial charge in [0.05, 0.1) is 5.69 Å². The van der Waals surface area contributed by atoms with E-state index in [1.807, 2.05) is 45.9 Å². The molecule has 0 bridgehead atoms. The molecule has 1 atom stereocenters. The zero-order valence-electron chi connectivity index (χ0n) is 23.3. The zero-order valence-corrected chi connectivity index (χ0v) is 24.9. The van der Waals surface area contributed by atoms with Gasteiger partial charge in [-0.25, -0.2) is 0 Å². The van der Waals surface area contributed by atoms with E-state index < -0.39 is 17.5 Å². The second-order valence-electron chi connectivity index (χ2n) is 11.3. The van der Waals surface area contributed by atoms with Crippen molar-refractivity contribution < 1.29 is 14.4 Å². The Labute approximate surface area is 244 Å². The molecule has 40 heavy (non-hydrogen) atoms. The number of nitrogens with two attached hydrogens (primary N) is 1. The van der Waals surface area contributed by atoms with E-state index >= 15 is 0 Å². The standard InChI is InChI=1S/C30H36ClN5O3S/c1-18-9-8-12-22(17-18)36(25(28(38)34-30(2,3)4)19-13-15-20(31)16-14-19)29(39)26-23(32)24(35-40-26)27(37)33-21-10-6-5-7-11-21/h8-9,12-17,21,25H,5-7,10-11,32H2,1-4H3,(H,33,37)(H,34,38)/t25-/m0/s1. The highest BCUT2D eigenvalue weighted by atomic mass is 35.5. The summed E-state index contributed by atoms with van der Waals surface area (Å²) in [5.41, 5.74) is 7.88. The van der Waals surface area contributed by atoms with Crippen LogP contribution in [0.5, 0.6) is 0 Å². The summed E-state index contributed by atoms with van der Waals surface area (Å²) in [6, 6.07) is 13.2. The molecule has 0 aliphatic heterocycles. The lowest BCUT2D eigenvalue weighted by molar-refractivity contribution is -0.123. The van der Waals surface area contributed by atoms with Crippen molar-refractivity contribution in [1.82, 2.24) is 15.0 Å². The van der Waals surface area contributed by atoms with Gasteiger partial charge >= 0.3 is 0 Å². The number of amides is 3. The van der Waals surface area contributed by atoms with Gasteiger partial charge in [-0.3, -0.25) is 19.3 Å². The lowest BCUT2D eigenvalue weighted by atomic mass is 9.95. The Hall–Kier alpha value is -3.43. The summed E-state index contributed by atoms with van der Waals surface area (Å²) in [5.74, 6) is -1.29. The first kappa shape index (κ1) is 29.6. The van der Waals surface area contributed by atoms with Gasteiger partial charge in [-0.1, -0.05) is 55.1 Å². The summed E-state index contributed by atoms with van der Waals surface area (Å²) >= 11 is 7.02. The second kappa shape index (κ2) is 12.4. The fourth-order valence-electron chi connectivity index (χ4n) is 4.89.